The summed E-state index contributed by atoms with van der Waals surface area (Å²) in [5, 5.41) is 23.3. The fourth-order valence-electron chi connectivity index (χ4n) is 2.85. The summed E-state index contributed by atoms with van der Waals surface area (Å²) >= 11 is 7.58. The molecule has 1 aliphatic rings. The van der Waals surface area contributed by atoms with E-state index in [2.05, 4.69) is 16.0 Å². The molecular formula is C17H18ClN3O4S. The number of nitro benzene ring substituents is 1. The molecule has 0 saturated carbocycles. The van der Waals surface area contributed by atoms with E-state index in [0.717, 1.165) is 19.2 Å². The number of nitrogens with zero attached hydrogens (tertiary/aromatic N) is 3. The van der Waals surface area contributed by atoms with Gasteiger partial charge in [-0.2, -0.15) is 0 Å². The number of phenolic OH excluding ortho intramolecular Hbond substituents is 1. The number of aliphatic imine (C=N–C) groups is 1. The maximum Gasteiger partial charge on any atom is 0.312 e. The third-order valence-electron chi connectivity index (χ3n) is 4.15. The number of nitro groups is 1. The highest BCUT2D eigenvalue weighted by atomic mass is 35.5. The van der Waals surface area contributed by atoms with Crippen LogP contribution >= 0.6 is 22.9 Å². The zero-order chi connectivity index (χ0) is 18.5. The van der Waals surface area contributed by atoms with Gasteiger partial charge in [-0.15, -0.1) is 11.3 Å². The van der Waals surface area contributed by atoms with Crippen molar-refractivity contribution < 1.29 is 14.8 Å². The average molecular weight is 396 g/mol. The van der Waals surface area contributed by atoms with E-state index in [9.17, 15) is 15.2 Å². The first-order valence-electron chi connectivity index (χ1n) is 8.08. The molecule has 1 saturated heterocycles. The average Bonchev–Trinajstić information content (AvgIpc) is 3.16. The fourth-order valence-corrected chi connectivity index (χ4v) is 3.92. The Morgan fingerprint density at radius 3 is 2.88 bits per heavy atom. The van der Waals surface area contributed by atoms with E-state index in [0.29, 0.717) is 19.8 Å². The van der Waals surface area contributed by atoms with Crippen LogP contribution in [0.5, 0.6) is 5.75 Å². The van der Waals surface area contributed by atoms with Crippen molar-refractivity contribution in [2.75, 3.05) is 32.8 Å². The lowest BCUT2D eigenvalue weighted by Gasteiger charge is -2.33. The summed E-state index contributed by atoms with van der Waals surface area (Å²) in [7, 11) is 0. The summed E-state index contributed by atoms with van der Waals surface area (Å²) in [4.78, 5) is 18.3. The maximum atomic E-state index is 11.0. The monoisotopic (exact) mass is 395 g/mol. The van der Waals surface area contributed by atoms with Gasteiger partial charge in [0.1, 0.15) is 0 Å². The fraction of sp³-hybridized carbons (Fsp3) is 0.353. The second-order valence-corrected chi connectivity index (χ2v) is 7.21. The standard InChI is InChI=1S/C17H18ClN3O4S/c18-13-8-12(17(22)14(9-13)21(23)24)10-19-11-15(16-2-1-7-26-16)20-3-5-25-6-4-20/h1-2,7-10,15,22H,3-6,11H2/t15-/m0/s1. The van der Waals surface area contributed by atoms with E-state index in [4.69, 9.17) is 16.3 Å². The van der Waals surface area contributed by atoms with Crippen molar-refractivity contribution in [1.29, 1.82) is 0 Å². The van der Waals surface area contributed by atoms with Crippen molar-refractivity contribution >= 4 is 34.8 Å². The molecule has 1 aliphatic heterocycles. The highest BCUT2D eigenvalue weighted by Crippen LogP contribution is 2.32. The van der Waals surface area contributed by atoms with Crippen molar-refractivity contribution in [2.24, 2.45) is 4.99 Å². The predicted octanol–water partition coefficient (Wildman–Crippen LogP) is 3.51. The minimum absolute atomic E-state index is 0.103. The van der Waals surface area contributed by atoms with Gasteiger partial charge in [0.2, 0.25) is 5.75 Å². The third kappa shape index (κ3) is 4.39. The molecule has 1 N–H and O–H groups in total. The summed E-state index contributed by atoms with van der Waals surface area (Å²) in [6, 6.07) is 6.76. The molecule has 1 aromatic carbocycles. The van der Waals surface area contributed by atoms with Crippen LogP contribution in [0.4, 0.5) is 5.69 Å². The molecule has 1 aromatic heterocycles. The van der Waals surface area contributed by atoms with Gasteiger partial charge in [0.05, 0.1) is 30.7 Å². The summed E-state index contributed by atoms with van der Waals surface area (Å²) in [5.41, 5.74) is -0.196. The van der Waals surface area contributed by atoms with Gasteiger partial charge < -0.3 is 9.84 Å². The van der Waals surface area contributed by atoms with E-state index in [1.807, 2.05) is 11.4 Å². The van der Waals surface area contributed by atoms with E-state index in [-0.39, 0.29) is 16.6 Å². The van der Waals surface area contributed by atoms with Crippen LogP contribution in [0.15, 0.2) is 34.6 Å². The summed E-state index contributed by atoms with van der Waals surface area (Å²) in [5.74, 6) is -0.429. The van der Waals surface area contributed by atoms with Crippen molar-refractivity contribution in [3.05, 3.63) is 55.2 Å². The minimum Gasteiger partial charge on any atom is -0.502 e. The number of morpholine rings is 1. The van der Waals surface area contributed by atoms with Gasteiger partial charge in [-0.3, -0.25) is 20.0 Å². The number of hydrogen-bond donors (Lipinski definition) is 1. The molecule has 7 nitrogen and oxygen atoms in total. The van der Waals surface area contributed by atoms with Crippen LogP contribution in [0.2, 0.25) is 5.02 Å². The van der Waals surface area contributed by atoms with Crippen molar-refractivity contribution in [3.8, 4) is 5.75 Å². The van der Waals surface area contributed by atoms with Gasteiger partial charge in [0, 0.05) is 40.8 Å². The van der Waals surface area contributed by atoms with Crippen LogP contribution in [0.25, 0.3) is 0 Å². The number of benzene rings is 1. The van der Waals surface area contributed by atoms with Gasteiger partial charge in [-0.25, -0.2) is 0 Å². The van der Waals surface area contributed by atoms with Gasteiger partial charge in [-0.1, -0.05) is 17.7 Å². The van der Waals surface area contributed by atoms with Crippen LogP contribution in [0, 0.1) is 10.1 Å². The number of ether oxygens (including phenoxy) is 1. The maximum absolute atomic E-state index is 11.0. The Balaban J connectivity index is 1.80. The van der Waals surface area contributed by atoms with E-state index in [1.165, 1.54) is 17.2 Å². The highest BCUT2D eigenvalue weighted by molar-refractivity contribution is 7.10. The molecule has 138 valence electrons. The van der Waals surface area contributed by atoms with E-state index < -0.39 is 16.4 Å². The molecule has 3 rings (SSSR count). The zero-order valence-electron chi connectivity index (χ0n) is 13.9. The first-order valence-corrected chi connectivity index (χ1v) is 9.34. The quantitative estimate of drug-likeness (QED) is 0.459. The second kappa shape index (κ2) is 8.59. The molecular weight excluding hydrogens is 378 g/mol. The Kier molecular flexibility index (Phi) is 6.20. The molecule has 0 aliphatic carbocycles. The molecule has 0 amide bonds. The van der Waals surface area contributed by atoms with Crippen LogP contribution in [-0.4, -0.2) is 54.0 Å². The second-order valence-electron chi connectivity index (χ2n) is 5.79. The molecule has 1 fully saturated rings. The smallest absolute Gasteiger partial charge is 0.312 e. The lowest BCUT2D eigenvalue weighted by atomic mass is 10.1. The lowest BCUT2D eigenvalue weighted by molar-refractivity contribution is -0.385. The number of thiophene rings is 1. The highest BCUT2D eigenvalue weighted by Gasteiger charge is 2.23. The van der Waals surface area contributed by atoms with E-state index >= 15 is 0 Å². The number of halogens is 1. The first kappa shape index (κ1) is 18.8. The Morgan fingerprint density at radius 2 is 2.23 bits per heavy atom. The number of phenols is 1. The number of rotatable bonds is 6. The molecule has 0 bridgehead atoms. The minimum atomic E-state index is -0.666. The lowest BCUT2D eigenvalue weighted by Crippen LogP contribution is -2.39. The van der Waals surface area contributed by atoms with Crippen LogP contribution < -0.4 is 0 Å². The SMILES string of the molecule is O=[N+]([O-])c1cc(Cl)cc(C=NC[C@@H](c2cccs2)N2CCOCC2)c1O. The van der Waals surface area contributed by atoms with Crippen molar-refractivity contribution in [2.45, 2.75) is 6.04 Å². The zero-order valence-corrected chi connectivity index (χ0v) is 15.4. The van der Waals surface area contributed by atoms with Crippen LogP contribution in [0.1, 0.15) is 16.5 Å². The van der Waals surface area contributed by atoms with Gasteiger partial charge in [0.15, 0.2) is 0 Å². The van der Waals surface area contributed by atoms with Crippen molar-refractivity contribution in [3.63, 3.8) is 0 Å². The molecule has 1 atom stereocenters. The van der Waals surface area contributed by atoms with Gasteiger partial charge in [0.25, 0.3) is 0 Å². The molecule has 2 aromatic rings. The topological polar surface area (TPSA) is 88.2 Å². The van der Waals surface area contributed by atoms with Crippen LogP contribution in [0.3, 0.4) is 0 Å². The Labute approximate surface area is 159 Å². The molecule has 26 heavy (non-hydrogen) atoms. The third-order valence-corrected chi connectivity index (χ3v) is 5.34. The molecule has 0 spiro atoms. The molecule has 2 heterocycles. The summed E-state index contributed by atoms with van der Waals surface area (Å²) < 4.78 is 5.42. The molecule has 9 heteroatoms. The first-order chi connectivity index (χ1) is 12.6. The summed E-state index contributed by atoms with van der Waals surface area (Å²) in [6.45, 7) is 3.50. The predicted molar refractivity (Wildman–Crippen MR) is 102 cm³/mol. The Morgan fingerprint density at radius 1 is 1.46 bits per heavy atom. The number of aromatic hydroxyl groups is 1. The molecule has 0 unspecified atom stereocenters. The van der Waals surface area contributed by atoms with Gasteiger partial charge >= 0.3 is 5.69 Å². The normalized spacial score (nSPS) is 16.8. The number of hydrogen-bond acceptors (Lipinski definition) is 7. The van der Waals surface area contributed by atoms with Crippen LogP contribution in [-0.2, 0) is 4.74 Å². The van der Waals surface area contributed by atoms with Gasteiger partial charge in [-0.05, 0) is 17.5 Å². The summed E-state index contributed by atoms with van der Waals surface area (Å²) in [6.07, 6.45) is 1.44. The Bertz CT molecular complexity index is 792. The van der Waals surface area contributed by atoms with E-state index in [1.54, 1.807) is 11.3 Å². The largest absolute Gasteiger partial charge is 0.502 e. The molecule has 0 radical (unpaired) electrons. The Hall–Kier alpha value is -2.00. The van der Waals surface area contributed by atoms with Crippen molar-refractivity contribution in [1.82, 2.24) is 4.90 Å².